The molecule has 0 saturated carbocycles. The minimum atomic E-state index is -4.64. The van der Waals surface area contributed by atoms with Crippen molar-refractivity contribution in [3.63, 3.8) is 0 Å². The van der Waals surface area contributed by atoms with Gasteiger partial charge in [0.15, 0.2) is 16.7 Å². The van der Waals surface area contributed by atoms with Crippen molar-refractivity contribution in [3.05, 3.63) is 76.2 Å². The molecule has 162 valence electrons. The number of hydrogen-bond acceptors (Lipinski definition) is 6. The number of thioether (sulfide) groups is 1. The van der Waals surface area contributed by atoms with Crippen molar-refractivity contribution in [2.24, 2.45) is 0 Å². The van der Waals surface area contributed by atoms with E-state index in [0.29, 0.717) is 17.1 Å². The molecular weight excluding hydrogens is 431 g/mol. The van der Waals surface area contributed by atoms with Gasteiger partial charge in [0.25, 0.3) is 5.56 Å². The number of ether oxygens (including phenoxy) is 2. The Balaban J connectivity index is 2.02. The van der Waals surface area contributed by atoms with Gasteiger partial charge in [0.05, 0.1) is 26.5 Å². The van der Waals surface area contributed by atoms with E-state index in [4.69, 9.17) is 9.47 Å². The first kappa shape index (κ1) is 22.4. The van der Waals surface area contributed by atoms with E-state index in [-0.39, 0.29) is 23.0 Å². The molecule has 0 unspecified atom stereocenters. The van der Waals surface area contributed by atoms with Crippen molar-refractivity contribution in [3.8, 4) is 22.8 Å². The zero-order chi connectivity index (χ0) is 22.6. The first-order valence-corrected chi connectivity index (χ1v) is 9.78. The van der Waals surface area contributed by atoms with E-state index in [1.54, 1.807) is 18.2 Å². The fourth-order valence-corrected chi connectivity index (χ4v) is 3.28. The summed E-state index contributed by atoms with van der Waals surface area (Å²) in [4.78, 5) is 20.0. The second-order valence-corrected chi connectivity index (χ2v) is 7.21. The van der Waals surface area contributed by atoms with Crippen molar-refractivity contribution in [2.45, 2.75) is 17.9 Å². The zero-order valence-electron chi connectivity index (χ0n) is 16.6. The molecule has 0 atom stereocenters. The Kier molecular flexibility index (Phi) is 6.69. The second kappa shape index (κ2) is 9.25. The number of methoxy groups -OCH3 is 2. The number of hydrogen-bond donors (Lipinski definition) is 0. The van der Waals surface area contributed by atoms with Crippen LogP contribution < -0.4 is 15.0 Å². The van der Waals surface area contributed by atoms with Gasteiger partial charge in [0.1, 0.15) is 5.69 Å². The number of nitrogens with zero attached hydrogens (tertiary/aromatic N) is 3. The lowest BCUT2D eigenvalue weighted by molar-refractivity contribution is -0.141. The molecule has 3 aromatic rings. The summed E-state index contributed by atoms with van der Waals surface area (Å²) in [6, 6.07) is 8.77. The van der Waals surface area contributed by atoms with Gasteiger partial charge >= 0.3 is 6.18 Å². The number of aromatic nitrogens is 3. The van der Waals surface area contributed by atoms with Crippen LogP contribution in [0.15, 0.2) is 64.5 Å². The van der Waals surface area contributed by atoms with Gasteiger partial charge in [0.2, 0.25) is 0 Å². The number of benzene rings is 1. The fraction of sp³-hybridized carbons (Fsp3) is 0.190. The van der Waals surface area contributed by atoms with Crippen LogP contribution in [0.3, 0.4) is 0 Å². The summed E-state index contributed by atoms with van der Waals surface area (Å²) in [5.74, 6) is 1.04. The minimum Gasteiger partial charge on any atom is -0.493 e. The van der Waals surface area contributed by atoms with Gasteiger partial charge in [-0.1, -0.05) is 24.4 Å². The Hall–Kier alpha value is -3.27. The van der Waals surface area contributed by atoms with E-state index >= 15 is 0 Å². The maximum atomic E-state index is 13.3. The number of pyridine rings is 1. The maximum absolute atomic E-state index is 13.3. The predicted molar refractivity (Wildman–Crippen MR) is 111 cm³/mol. The highest BCUT2D eigenvalue weighted by molar-refractivity contribution is 8.02. The molecule has 6 nitrogen and oxygen atoms in total. The molecule has 10 heteroatoms. The molecule has 3 rings (SSSR count). The van der Waals surface area contributed by atoms with Crippen LogP contribution in [0.2, 0.25) is 0 Å². The molecule has 1 aromatic carbocycles. The zero-order valence-corrected chi connectivity index (χ0v) is 17.5. The van der Waals surface area contributed by atoms with Crippen LogP contribution in [0.25, 0.3) is 11.3 Å². The molecule has 0 bridgehead atoms. The van der Waals surface area contributed by atoms with Gasteiger partial charge in [-0.2, -0.15) is 13.2 Å². The van der Waals surface area contributed by atoms with Crippen LogP contribution in [-0.2, 0) is 12.7 Å². The first-order chi connectivity index (χ1) is 14.7. The summed E-state index contributed by atoms with van der Waals surface area (Å²) in [5, 5.41) is 1.26. The van der Waals surface area contributed by atoms with Crippen molar-refractivity contribution in [1.29, 1.82) is 0 Å². The molecule has 0 fully saturated rings. The van der Waals surface area contributed by atoms with Gasteiger partial charge in [0, 0.05) is 17.8 Å². The minimum absolute atomic E-state index is 0.0488. The van der Waals surface area contributed by atoms with E-state index in [0.717, 1.165) is 23.4 Å². The molecule has 2 heterocycles. The summed E-state index contributed by atoms with van der Waals surface area (Å²) >= 11 is 0.879. The summed E-state index contributed by atoms with van der Waals surface area (Å²) in [6.07, 6.45) is -3.17. The Morgan fingerprint density at radius 3 is 2.48 bits per heavy atom. The molecule has 0 spiro atoms. The first-order valence-electron chi connectivity index (χ1n) is 8.90. The van der Waals surface area contributed by atoms with E-state index in [1.807, 2.05) is 0 Å². The second-order valence-electron chi connectivity index (χ2n) is 6.28. The third-order valence-corrected chi connectivity index (χ3v) is 4.82. The number of halogens is 3. The van der Waals surface area contributed by atoms with E-state index in [2.05, 4.69) is 16.5 Å². The molecule has 0 amide bonds. The number of rotatable bonds is 7. The van der Waals surface area contributed by atoms with Crippen LogP contribution >= 0.6 is 11.8 Å². The average molecular weight is 449 g/mol. The highest BCUT2D eigenvalue weighted by Crippen LogP contribution is 2.32. The quantitative estimate of drug-likeness (QED) is 0.387. The normalized spacial score (nSPS) is 11.3. The van der Waals surface area contributed by atoms with E-state index in [9.17, 15) is 18.0 Å². The Morgan fingerprint density at radius 1 is 1.10 bits per heavy atom. The molecule has 0 aliphatic carbocycles. The SMILES string of the molecule is C=CSc1nc(-c2ccc(=O)n(Cc3ccc(OC)c(OC)c3)c2)cc(C(F)(F)F)n1. The van der Waals surface area contributed by atoms with Gasteiger partial charge in [-0.3, -0.25) is 4.79 Å². The monoisotopic (exact) mass is 449 g/mol. The topological polar surface area (TPSA) is 66.2 Å². The largest absolute Gasteiger partial charge is 0.493 e. The van der Waals surface area contributed by atoms with E-state index < -0.39 is 11.9 Å². The van der Waals surface area contributed by atoms with E-state index in [1.165, 1.54) is 42.5 Å². The molecule has 0 aliphatic heterocycles. The van der Waals surface area contributed by atoms with Crippen LogP contribution in [0.4, 0.5) is 13.2 Å². The van der Waals surface area contributed by atoms with Crippen molar-refractivity contribution in [2.75, 3.05) is 14.2 Å². The lowest BCUT2D eigenvalue weighted by atomic mass is 10.1. The van der Waals surface area contributed by atoms with Crippen molar-refractivity contribution in [1.82, 2.24) is 14.5 Å². The highest BCUT2D eigenvalue weighted by Gasteiger charge is 2.33. The van der Waals surface area contributed by atoms with Crippen molar-refractivity contribution < 1.29 is 22.6 Å². The maximum Gasteiger partial charge on any atom is 0.433 e. The Morgan fingerprint density at radius 2 is 1.84 bits per heavy atom. The summed E-state index contributed by atoms with van der Waals surface area (Å²) in [7, 11) is 3.02. The molecule has 2 aromatic heterocycles. The van der Waals surface area contributed by atoms with Crippen LogP contribution in [0, 0.1) is 0 Å². The van der Waals surface area contributed by atoms with Gasteiger partial charge in [-0.15, -0.1) is 0 Å². The van der Waals surface area contributed by atoms with Gasteiger partial charge < -0.3 is 14.0 Å². The summed E-state index contributed by atoms with van der Waals surface area (Å²) in [5.41, 5.74) is -0.242. The van der Waals surface area contributed by atoms with Crippen molar-refractivity contribution >= 4 is 11.8 Å². The molecule has 0 radical (unpaired) electrons. The molecule has 0 N–H and O–H groups in total. The van der Waals surface area contributed by atoms with Crippen LogP contribution in [0.5, 0.6) is 11.5 Å². The molecule has 31 heavy (non-hydrogen) atoms. The summed E-state index contributed by atoms with van der Waals surface area (Å²) in [6.45, 7) is 3.67. The predicted octanol–water partition coefficient (Wildman–Crippen LogP) is 4.63. The molecule has 0 aliphatic rings. The lowest BCUT2D eigenvalue weighted by Gasteiger charge is -2.13. The third kappa shape index (κ3) is 5.26. The molecular formula is C21H18F3N3O3S. The number of alkyl halides is 3. The third-order valence-electron chi connectivity index (χ3n) is 4.26. The van der Waals surface area contributed by atoms with Gasteiger partial charge in [-0.05, 0) is 35.2 Å². The fourth-order valence-electron chi connectivity index (χ4n) is 2.83. The standard InChI is InChI=1S/C21H18F3N3O3S/c1-4-31-20-25-15(10-18(26-20)21(22,23)24)14-6-8-19(28)27(12-14)11-13-5-7-16(29-2)17(9-13)30-3/h4-10,12H,1,11H2,2-3H3. The Bertz CT molecular complexity index is 1160. The smallest absolute Gasteiger partial charge is 0.433 e. The van der Waals surface area contributed by atoms with Crippen LogP contribution in [-0.4, -0.2) is 28.8 Å². The Labute approximate surface area is 180 Å². The molecule has 0 saturated heterocycles. The lowest BCUT2D eigenvalue weighted by Crippen LogP contribution is -2.19. The highest BCUT2D eigenvalue weighted by atomic mass is 32.2. The van der Waals surface area contributed by atoms with Gasteiger partial charge in [-0.25, -0.2) is 9.97 Å². The average Bonchev–Trinajstić information content (AvgIpc) is 2.74. The van der Waals surface area contributed by atoms with Crippen LogP contribution in [0.1, 0.15) is 11.3 Å². The summed E-state index contributed by atoms with van der Waals surface area (Å²) < 4.78 is 51.7.